The second-order valence-corrected chi connectivity index (χ2v) is 7.04. The highest BCUT2D eigenvalue weighted by atomic mass is 32.1. The SMILES string of the molecule is CC1(C)CC1(C(=O)NCCc1nc(N)n[nH]1)c1cccs1. The van der Waals surface area contributed by atoms with Gasteiger partial charge in [0.1, 0.15) is 5.82 Å². The maximum absolute atomic E-state index is 12.7. The summed E-state index contributed by atoms with van der Waals surface area (Å²) in [6.45, 7) is 4.81. The Labute approximate surface area is 127 Å². The van der Waals surface area contributed by atoms with Crippen LogP contribution in [-0.4, -0.2) is 27.6 Å². The summed E-state index contributed by atoms with van der Waals surface area (Å²) in [7, 11) is 0. The minimum atomic E-state index is -0.373. The Bertz CT molecular complexity index is 648. The molecule has 1 fully saturated rings. The van der Waals surface area contributed by atoms with Crippen molar-refractivity contribution in [2.75, 3.05) is 12.3 Å². The van der Waals surface area contributed by atoms with E-state index in [2.05, 4.69) is 40.4 Å². The molecule has 0 radical (unpaired) electrons. The predicted molar refractivity (Wildman–Crippen MR) is 81.9 cm³/mol. The monoisotopic (exact) mass is 305 g/mol. The normalized spacial score (nSPS) is 23.0. The number of nitrogens with zero attached hydrogens (tertiary/aromatic N) is 2. The highest BCUT2D eigenvalue weighted by molar-refractivity contribution is 7.10. The lowest BCUT2D eigenvalue weighted by atomic mass is 9.93. The fourth-order valence-electron chi connectivity index (χ4n) is 2.93. The van der Waals surface area contributed by atoms with Crippen molar-refractivity contribution in [2.24, 2.45) is 5.41 Å². The van der Waals surface area contributed by atoms with Crippen molar-refractivity contribution in [3.05, 3.63) is 28.2 Å². The van der Waals surface area contributed by atoms with Crippen molar-refractivity contribution in [2.45, 2.75) is 32.1 Å². The molecule has 21 heavy (non-hydrogen) atoms. The number of carbonyl (C=O) groups is 1. The molecule has 0 aliphatic heterocycles. The third-order valence-corrected chi connectivity index (χ3v) is 5.29. The Balaban J connectivity index is 1.64. The van der Waals surface area contributed by atoms with Gasteiger partial charge in [-0.25, -0.2) is 0 Å². The molecule has 4 N–H and O–H groups in total. The van der Waals surface area contributed by atoms with E-state index in [9.17, 15) is 4.79 Å². The summed E-state index contributed by atoms with van der Waals surface area (Å²) in [6.07, 6.45) is 1.48. The average molecular weight is 305 g/mol. The molecular formula is C14H19N5OS. The van der Waals surface area contributed by atoms with Gasteiger partial charge < -0.3 is 11.1 Å². The molecule has 112 valence electrons. The zero-order valence-corrected chi connectivity index (χ0v) is 13.0. The first-order chi connectivity index (χ1) is 9.96. The molecule has 0 spiro atoms. The summed E-state index contributed by atoms with van der Waals surface area (Å²) in [5.41, 5.74) is 5.09. The van der Waals surface area contributed by atoms with E-state index in [0.717, 1.165) is 11.3 Å². The molecule has 6 nitrogen and oxygen atoms in total. The van der Waals surface area contributed by atoms with Gasteiger partial charge in [0.05, 0.1) is 5.41 Å². The number of nitrogens with one attached hydrogen (secondary N) is 2. The number of aromatic nitrogens is 3. The number of anilines is 1. The molecule has 0 saturated heterocycles. The minimum absolute atomic E-state index is 0.0125. The summed E-state index contributed by atoms with van der Waals surface area (Å²) >= 11 is 1.65. The number of hydrogen-bond acceptors (Lipinski definition) is 5. The molecule has 7 heteroatoms. The molecule has 2 aromatic rings. The molecule has 2 aromatic heterocycles. The zero-order chi connectivity index (χ0) is 15.1. The van der Waals surface area contributed by atoms with Crippen molar-refractivity contribution in [1.82, 2.24) is 20.5 Å². The van der Waals surface area contributed by atoms with E-state index in [-0.39, 0.29) is 22.7 Å². The Morgan fingerprint density at radius 1 is 1.57 bits per heavy atom. The highest BCUT2D eigenvalue weighted by Gasteiger charge is 2.67. The number of nitrogens with two attached hydrogens (primary N) is 1. The van der Waals surface area contributed by atoms with E-state index < -0.39 is 0 Å². The van der Waals surface area contributed by atoms with E-state index in [4.69, 9.17) is 5.73 Å². The van der Waals surface area contributed by atoms with Crippen LogP contribution in [0.2, 0.25) is 0 Å². The van der Waals surface area contributed by atoms with Crippen LogP contribution in [0.25, 0.3) is 0 Å². The molecule has 1 atom stereocenters. The largest absolute Gasteiger partial charge is 0.367 e. The molecule has 1 unspecified atom stereocenters. The quantitative estimate of drug-likeness (QED) is 0.779. The number of amides is 1. The Hall–Kier alpha value is -1.89. The highest BCUT2D eigenvalue weighted by Crippen LogP contribution is 2.65. The summed E-state index contributed by atoms with van der Waals surface area (Å²) < 4.78 is 0. The van der Waals surface area contributed by atoms with Gasteiger partial charge in [-0.15, -0.1) is 16.4 Å². The number of nitrogen functional groups attached to an aromatic ring is 1. The molecular weight excluding hydrogens is 286 g/mol. The zero-order valence-electron chi connectivity index (χ0n) is 12.1. The fourth-order valence-corrected chi connectivity index (χ4v) is 4.03. The van der Waals surface area contributed by atoms with Gasteiger partial charge in [-0.05, 0) is 23.3 Å². The summed E-state index contributed by atoms with van der Waals surface area (Å²) in [5, 5.41) is 11.6. The number of thiophene rings is 1. The molecule has 1 saturated carbocycles. The van der Waals surface area contributed by atoms with Crippen LogP contribution in [0.15, 0.2) is 17.5 Å². The van der Waals surface area contributed by atoms with Crippen LogP contribution >= 0.6 is 11.3 Å². The molecule has 1 amide bonds. The van der Waals surface area contributed by atoms with E-state index in [1.807, 2.05) is 11.4 Å². The van der Waals surface area contributed by atoms with Gasteiger partial charge >= 0.3 is 0 Å². The van der Waals surface area contributed by atoms with Crippen molar-refractivity contribution >= 4 is 23.2 Å². The van der Waals surface area contributed by atoms with Crippen molar-refractivity contribution < 1.29 is 4.79 Å². The van der Waals surface area contributed by atoms with Gasteiger partial charge in [0, 0.05) is 17.8 Å². The first kappa shape index (κ1) is 14.1. The van der Waals surface area contributed by atoms with Crippen LogP contribution in [0.5, 0.6) is 0 Å². The van der Waals surface area contributed by atoms with Crippen LogP contribution in [0.3, 0.4) is 0 Å². The van der Waals surface area contributed by atoms with Gasteiger partial charge in [-0.2, -0.15) is 4.98 Å². The van der Waals surface area contributed by atoms with Gasteiger partial charge in [0.15, 0.2) is 0 Å². The summed E-state index contributed by atoms with van der Waals surface area (Å²) in [4.78, 5) is 17.8. The third kappa shape index (κ3) is 2.31. The smallest absolute Gasteiger partial charge is 0.239 e. The fraction of sp³-hybridized carbons (Fsp3) is 0.500. The van der Waals surface area contributed by atoms with Gasteiger partial charge in [-0.3, -0.25) is 9.89 Å². The van der Waals surface area contributed by atoms with Crippen LogP contribution in [0.4, 0.5) is 5.95 Å². The van der Waals surface area contributed by atoms with Crippen molar-refractivity contribution in [1.29, 1.82) is 0 Å². The first-order valence-electron chi connectivity index (χ1n) is 6.95. The second-order valence-electron chi connectivity index (χ2n) is 6.09. The topological polar surface area (TPSA) is 96.7 Å². The van der Waals surface area contributed by atoms with E-state index in [0.29, 0.717) is 18.8 Å². The summed E-state index contributed by atoms with van der Waals surface area (Å²) in [5.74, 6) is 1.02. The summed E-state index contributed by atoms with van der Waals surface area (Å²) in [6, 6.07) is 4.05. The van der Waals surface area contributed by atoms with Crippen molar-refractivity contribution in [3.8, 4) is 0 Å². The van der Waals surface area contributed by atoms with E-state index in [1.54, 1.807) is 11.3 Å². The number of aromatic amines is 1. The predicted octanol–water partition coefficient (Wildman–Crippen LogP) is 1.48. The molecule has 1 aliphatic rings. The van der Waals surface area contributed by atoms with E-state index >= 15 is 0 Å². The maximum Gasteiger partial charge on any atom is 0.239 e. The lowest BCUT2D eigenvalue weighted by Gasteiger charge is -2.18. The van der Waals surface area contributed by atoms with Crippen LogP contribution in [-0.2, 0) is 16.6 Å². The number of rotatable bonds is 5. The molecule has 0 bridgehead atoms. The van der Waals surface area contributed by atoms with Crippen LogP contribution in [0.1, 0.15) is 31.0 Å². The third-order valence-electron chi connectivity index (χ3n) is 4.26. The second kappa shape index (κ2) is 4.84. The van der Waals surface area contributed by atoms with Gasteiger partial charge in [-0.1, -0.05) is 19.9 Å². The van der Waals surface area contributed by atoms with Crippen molar-refractivity contribution in [3.63, 3.8) is 0 Å². The number of hydrogen-bond donors (Lipinski definition) is 3. The Morgan fingerprint density at radius 3 is 2.86 bits per heavy atom. The lowest BCUT2D eigenvalue weighted by molar-refractivity contribution is -0.124. The standard InChI is InChI=1S/C14H19N5OS/c1-13(2)8-14(13,9-4-3-7-21-9)11(20)16-6-5-10-17-12(15)19-18-10/h3-4,7H,5-6,8H2,1-2H3,(H,16,20)(H3,15,17,18,19). The van der Waals surface area contributed by atoms with Gasteiger partial charge in [0.25, 0.3) is 0 Å². The Morgan fingerprint density at radius 2 is 2.33 bits per heavy atom. The molecule has 0 aromatic carbocycles. The average Bonchev–Trinajstić information content (AvgIpc) is 2.87. The van der Waals surface area contributed by atoms with Crippen LogP contribution in [0, 0.1) is 5.41 Å². The molecule has 2 heterocycles. The Kier molecular flexibility index (Phi) is 3.24. The number of H-pyrrole nitrogens is 1. The number of carbonyl (C=O) groups excluding carboxylic acids is 1. The van der Waals surface area contributed by atoms with E-state index in [1.165, 1.54) is 0 Å². The minimum Gasteiger partial charge on any atom is -0.367 e. The van der Waals surface area contributed by atoms with Gasteiger partial charge in [0.2, 0.25) is 11.9 Å². The maximum atomic E-state index is 12.7. The van der Waals surface area contributed by atoms with Crippen LogP contribution < -0.4 is 11.1 Å². The molecule has 3 rings (SSSR count). The molecule has 1 aliphatic carbocycles. The first-order valence-corrected chi connectivity index (χ1v) is 7.83. The lowest BCUT2D eigenvalue weighted by Crippen LogP contribution is -2.38.